The SMILES string of the molecule is CCOC(=O)C1(C(=O)OCC)N[C@@H](c2ccc(Cl)cc2)N(Cc2ccc(Cl)cc2)[C@H]1c1ccc(Cl)cc1. The van der Waals surface area contributed by atoms with Gasteiger partial charge in [0.2, 0.25) is 5.54 Å². The van der Waals surface area contributed by atoms with Crippen LogP contribution in [-0.2, 0) is 25.6 Å². The lowest BCUT2D eigenvalue weighted by atomic mass is 9.85. The maximum Gasteiger partial charge on any atom is 0.340 e. The molecule has 1 N–H and O–H groups in total. The van der Waals surface area contributed by atoms with Crippen LogP contribution in [0.15, 0.2) is 72.8 Å². The molecular weight excluding hydrogens is 535 g/mol. The number of ether oxygens (including phenoxy) is 2. The second-order valence-electron chi connectivity index (χ2n) is 8.60. The van der Waals surface area contributed by atoms with Crippen molar-refractivity contribution in [3.8, 4) is 0 Å². The lowest BCUT2D eigenvalue weighted by Crippen LogP contribution is -2.60. The molecule has 0 unspecified atom stereocenters. The number of rotatable bonds is 8. The van der Waals surface area contributed by atoms with E-state index in [-0.39, 0.29) is 13.2 Å². The maximum atomic E-state index is 13.7. The molecule has 9 heteroatoms. The van der Waals surface area contributed by atoms with Crippen LogP contribution in [0.1, 0.15) is 42.7 Å². The Kier molecular flexibility index (Phi) is 8.78. The van der Waals surface area contributed by atoms with Crippen molar-refractivity contribution in [3.05, 3.63) is 105 Å². The molecule has 3 aromatic carbocycles. The van der Waals surface area contributed by atoms with Gasteiger partial charge in [0.1, 0.15) is 0 Å². The van der Waals surface area contributed by atoms with E-state index < -0.39 is 29.7 Å². The molecule has 37 heavy (non-hydrogen) atoms. The third-order valence-corrected chi connectivity index (χ3v) is 7.04. The topological polar surface area (TPSA) is 67.9 Å². The van der Waals surface area contributed by atoms with E-state index in [2.05, 4.69) is 5.32 Å². The molecule has 194 valence electrons. The number of carbonyl (C=O) groups excluding carboxylic acids is 2. The maximum absolute atomic E-state index is 13.7. The molecule has 0 saturated carbocycles. The van der Waals surface area contributed by atoms with Gasteiger partial charge in [-0.05, 0) is 66.9 Å². The average molecular weight is 562 g/mol. The van der Waals surface area contributed by atoms with Gasteiger partial charge in [0.15, 0.2) is 0 Å². The van der Waals surface area contributed by atoms with E-state index in [9.17, 15) is 9.59 Å². The Hall–Kier alpha value is -2.61. The van der Waals surface area contributed by atoms with Gasteiger partial charge in [-0.2, -0.15) is 0 Å². The van der Waals surface area contributed by atoms with Gasteiger partial charge in [0.05, 0.1) is 25.4 Å². The van der Waals surface area contributed by atoms with E-state index in [0.717, 1.165) is 11.1 Å². The first-order chi connectivity index (χ1) is 17.8. The summed E-state index contributed by atoms with van der Waals surface area (Å²) in [5, 5.41) is 5.04. The van der Waals surface area contributed by atoms with E-state index >= 15 is 0 Å². The van der Waals surface area contributed by atoms with Crippen LogP contribution in [0.25, 0.3) is 0 Å². The second kappa shape index (κ2) is 11.8. The summed E-state index contributed by atoms with van der Waals surface area (Å²) in [5.74, 6) is -1.43. The summed E-state index contributed by atoms with van der Waals surface area (Å²) in [6.45, 7) is 3.97. The second-order valence-corrected chi connectivity index (χ2v) is 9.91. The largest absolute Gasteiger partial charge is 0.464 e. The van der Waals surface area contributed by atoms with E-state index in [0.29, 0.717) is 27.2 Å². The standard InChI is InChI=1S/C28H27Cl3N2O4/c1-3-36-26(34)28(27(35)37-4-2)24(19-7-13-22(30)14-8-19)33(17-18-5-11-21(29)12-6-18)25(32-28)20-9-15-23(31)16-10-20/h5-16,24-25,32H,3-4,17H2,1-2H3/t24-,25+/m0/s1. The summed E-state index contributed by atoms with van der Waals surface area (Å²) in [6.07, 6.45) is -0.567. The van der Waals surface area contributed by atoms with Crippen LogP contribution in [0, 0.1) is 0 Å². The fourth-order valence-corrected chi connectivity index (χ4v) is 5.06. The zero-order chi connectivity index (χ0) is 26.6. The van der Waals surface area contributed by atoms with E-state index in [1.807, 2.05) is 29.2 Å². The van der Waals surface area contributed by atoms with Crippen molar-refractivity contribution in [2.24, 2.45) is 0 Å². The average Bonchev–Trinajstić information content (AvgIpc) is 3.22. The number of halogens is 3. The van der Waals surface area contributed by atoms with Crippen LogP contribution in [0.2, 0.25) is 15.1 Å². The number of hydrogen-bond donors (Lipinski definition) is 1. The molecule has 0 amide bonds. The zero-order valence-electron chi connectivity index (χ0n) is 20.4. The molecule has 2 atom stereocenters. The van der Waals surface area contributed by atoms with E-state index in [1.54, 1.807) is 62.4 Å². The van der Waals surface area contributed by atoms with Gasteiger partial charge < -0.3 is 9.47 Å². The molecule has 0 radical (unpaired) electrons. The lowest BCUT2D eigenvalue weighted by molar-refractivity contribution is -0.167. The van der Waals surface area contributed by atoms with Crippen LogP contribution in [0.3, 0.4) is 0 Å². The number of benzene rings is 3. The van der Waals surface area contributed by atoms with Crippen molar-refractivity contribution in [2.45, 2.75) is 38.1 Å². The van der Waals surface area contributed by atoms with Crippen molar-refractivity contribution in [1.29, 1.82) is 0 Å². The number of hydrogen-bond acceptors (Lipinski definition) is 6. The monoisotopic (exact) mass is 560 g/mol. The number of esters is 2. The molecular formula is C28H27Cl3N2O4. The molecule has 4 rings (SSSR count). The number of nitrogens with zero attached hydrogens (tertiary/aromatic N) is 1. The van der Waals surface area contributed by atoms with Gasteiger partial charge in [0, 0.05) is 21.6 Å². The van der Waals surface area contributed by atoms with Crippen LogP contribution >= 0.6 is 34.8 Å². The summed E-state index contributed by atoms with van der Waals surface area (Å²) < 4.78 is 11.0. The van der Waals surface area contributed by atoms with Crippen LogP contribution < -0.4 is 5.32 Å². The molecule has 1 saturated heterocycles. The summed E-state index contributed by atoms with van der Waals surface area (Å²) in [7, 11) is 0. The Balaban J connectivity index is 1.95. The third-order valence-electron chi connectivity index (χ3n) is 6.28. The Bertz CT molecular complexity index is 1220. The zero-order valence-corrected chi connectivity index (χ0v) is 22.7. The first kappa shape index (κ1) is 27.4. The minimum atomic E-state index is -1.85. The Labute approximate surface area is 231 Å². The molecule has 0 spiro atoms. The molecule has 1 aliphatic heterocycles. The van der Waals surface area contributed by atoms with Gasteiger partial charge in [-0.25, -0.2) is 9.59 Å². The Morgan fingerprint density at radius 1 is 0.757 bits per heavy atom. The highest BCUT2D eigenvalue weighted by molar-refractivity contribution is 6.31. The van der Waals surface area contributed by atoms with Crippen molar-refractivity contribution in [1.82, 2.24) is 10.2 Å². The normalized spacial score (nSPS) is 18.9. The molecule has 6 nitrogen and oxygen atoms in total. The minimum absolute atomic E-state index is 0.0950. The highest BCUT2D eigenvalue weighted by atomic mass is 35.5. The Morgan fingerprint density at radius 2 is 1.19 bits per heavy atom. The highest BCUT2D eigenvalue weighted by Gasteiger charge is 2.64. The first-order valence-electron chi connectivity index (χ1n) is 11.9. The van der Waals surface area contributed by atoms with E-state index in [4.69, 9.17) is 44.3 Å². The van der Waals surface area contributed by atoms with Gasteiger partial charge in [-0.3, -0.25) is 10.2 Å². The van der Waals surface area contributed by atoms with Crippen molar-refractivity contribution in [2.75, 3.05) is 13.2 Å². The van der Waals surface area contributed by atoms with Crippen molar-refractivity contribution < 1.29 is 19.1 Å². The van der Waals surface area contributed by atoms with Gasteiger partial charge in [-0.1, -0.05) is 71.2 Å². The molecule has 1 aliphatic rings. The fourth-order valence-electron chi connectivity index (χ4n) is 4.68. The van der Waals surface area contributed by atoms with Crippen molar-refractivity contribution in [3.63, 3.8) is 0 Å². The van der Waals surface area contributed by atoms with Crippen LogP contribution in [0.4, 0.5) is 0 Å². The molecule has 0 bridgehead atoms. The predicted molar refractivity (Wildman–Crippen MR) is 145 cm³/mol. The molecule has 1 heterocycles. The summed E-state index contributed by atoms with van der Waals surface area (Å²) in [4.78, 5) is 29.5. The van der Waals surface area contributed by atoms with Crippen LogP contribution in [0.5, 0.6) is 0 Å². The highest BCUT2D eigenvalue weighted by Crippen LogP contribution is 2.47. The fraction of sp³-hybridized carbons (Fsp3) is 0.286. The number of nitrogens with one attached hydrogen (secondary N) is 1. The lowest BCUT2D eigenvalue weighted by Gasteiger charge is -2.34. The summed E-state index contributed by atoms with van der Waals surface area (Å²) in [6, 6.07) is 21.0. The Morgan fingerprint density at radius 3 is 1.65 bits per heavy atom. The first-order valence-corrected chi connectivity index (χ1v) is 13.1. The molecule has 0 aromatic heterocycles. The summed E-state index contributed by atoms with van der Waals surface area (Å²) >= 11 is 18.5. The van der Waals surface area contributed by atoms with Gasteiger partial charge in [-0.15, -0.1) is 0 Å². The van der Waals surface area contributed by atoms with Gasteiger partial charge >= 0.3 is 11.9 Å². The molecule has 0 aliphatic carbocycles. The molecule has 3 aromatic rings. The van der Waals surface area contributed by atoms with Crippen LogP contribution in [-0.4, -0.2) is 35.6 Å². The molecule has 1 fully saturated rings. The predicted octanol–water partition coefficient (Wildman–Crippen LogP) is 6.36. The minimum Gasteiger partial charge on any atom is -0.464 e. The summed E-state index contributed by atoms with van der Waals surface area (Å²) in [5.41, 5.74) is 0.597. The van der Waals surface area contributed by atoms with E-state index in [1.165, 1.54) is 0 Å². The van der Waals surface area contributed by atoms with Crippen molar-refractivity contribution >= 4 is 46.7 Å². The third kappa shape index (κ3) is 5.64. The quantitative estimate of drug-likeness (QED) is 0.255. The van der Waals surface area contributed by atoms with Gasteiger partial charge in [0.25, 0.3) is 0 Å². The smallest absolute Gasteiger partial charge is 0.340 e. The number of carbonyl (C=O) groups is 2.